The van der Waals surface area contributed by atoms with Gasteiger partial charge in [-0.1, -0.05) is 0 Å². The van der Waals surface area contributed by atoms with E-state index >= 15 is 0 Å². The molecular formula is C11H19N5O2. The number of hydrogen-bond donors (Lipinski definition) is 3. The molecule has 100 valence electrons. The lowest BCUT2D eigenvalue weighted by atomic mass is 10.1. The molecule has 18 heavy (non-hydrogen) atoms. The highest BCUT2D eigenvalue weighted by molar-refractivity contribution is 5.56. The molecule has 0 spiro atoms. The molecular weight excluding hydrogens is 234 g/mol. The zero-order valence-corrected chi connectivity index (χ0v) is 10.6. The van der Waals surface area contributed by atoms with Crippen LogP contribution in [0.5, 0.6) is 0 Å². The van der Waals surface area contributed by atoms with Gasteiger partial charge in [-0.15, -0.1) is 0 Å². The van der Waals surface area contributed by atoms with E-state index in [0.29, 0.717) is 12.2 Å². The number of nitrogen functional groups attached to an aromatic ring is 1. The maximum absolute atomic E-state index is 10.6. The second-order valence-electron chi connectivity index (χ2n) is 4.22. The summed E-state index contributed by atoms with van der Waals surface area (Å²) in [7, 11) is 4.00. The number of nitrogens with two attached hydrogens (primary N) is 1. The quantitative estimate of drug-likeness (QED) is 0.284. The van der Waals surface area contributed by atoms with Crippen LogP contribution >= 0.6 is 0 Å². The second-order valence-corrected chi connectivity index (χ2v) is 4.22. The number of anilines is 1. The number of hydrazine groups is 1. The van der Waals surface area contributed by atoms with E-state index < -0.39 is 4.92 Å². The predicted octanol–water partition coefficient (Wildman–Crippen LogP) is 0.532. The molecule has 0 radical (unpaired) electrons. The standard InChI is InChI=1S/C11H19N5O2/c1-15(2)6-5-13-8-9-3-4-10(16(17)18)7-11(9)14-12/h3-4,7,13-14H,5-6,8,12H2,1-2H3. The summed E-state index contributed by atoms with van der Waals surface area (Å²) in [5, 5.41) is 13.9. The molecule has 1 aromatic carbocycles. The molecule has 7 nitrogen and oxygen atoms in total. The highest BCUT2D eigenvalue weighted by Crippen LogP contribution is 2.21. The molecule has 0 saturated heterocycles. The van der Waals surface area contributed by atoms with E-state index in [1.807, 2.05) is 14.1 Å². The molecule has 0 aliphatic carbocycles. The average Bonchev–Trinajstić information content (AvgIpc) is 2.34. The summed E-state index contributed by atoms with van der Waals surface area (Å²) in [6.07, 6.45) is 0. The molecule has 1 rings (SSSR count). The van der Waals surface area contributed by atoms with Gasteiger partial charge in [0.15, 0.2) is 0 Å². The van der Waals surface area contributed by atoms with Crippen molar-refractivity contribution < 1.29 is 4.92 Å². The van der Waals surface area contributed by atoms with Gasteiger partial charge in [-0.3, -0.25) is 16.0 Å². The summed E-state index contributed by atoms with van der Waals surface area (Å²) in [5.74, 6) is 5.36. The van der Waals surface area contributed by atoms with Crippen LogP contribution in [0.3, 0.4) is 0 Å². The zero-order valence-electron chi connectivity index (χ0n) is 10.6. The smallest absolute Gasteiger partial charge is 0.271 e. The van der Waals surface area contributed by atoms with Crippen molar-refractivity contribution in [2.24, 2.45) is 5.84 Å². The van der Waals surface area contributed by atoms with Crippen LogP contribution in [-0.4, -0.2) is 37.0 Å². The van der Waals surface area contributed by atoms with E-state index in [0.717, 1.165) is 18.7 Å². The minimum absolute atomic E-state index is 0.0278. The molecule has 0 atom stereocenters. The molecule has 0 bridgehead atoms. The third-order valence-electron chi connectivity index (χ3n) is 2.51. The van der Waals surface area contributed by atoms with Crippen molar-refractivity contribution in [3.8, 4) is 0 Å². The molecule has 0 saturated carbocycles. The molecule has 1 aromatic rings. The Balaban J connectivity index is 2.62. The molecule has 0 heterocycles. The fraction of sp³-hybridized carbons (Fsp3) is 0.455. The van der Waals surface area contributed by atoms with Crippen molar-refractivity contribution in [1.82, 2.24) is 10.2 Å². The lowest BCUT2D eigenvalue weighted by Crippen LogP contribution is -2.26. The number of likely N-dealkylation sites (N-methyl/N-ethyl adjacent to an activating group) is 1. The Morgan fingerprint density at radius 1 is 1.44 bits per heavy atom. The van der Waals surface area contributed by atoms with E-state index in [1.54, 1.807) is 6.07 Å². The van der Waals surface area contributed by atoms with E-state index in [9.17, 15) is 10.1 Å². The summed E-state index contributed by atoms with van der Waals surface area (Å²) in [4.78, 5) is 12.3. The summed E-state index contributed by atoms with van der Waals surface area (Å²) < 4.78 is 0. The number of nitrogens with zero attached hydrogens (tertiary/aromatic N) is 2. The lowest BCUT2D eigenvalue weighted by molar-refractivity contribution is -0.384. The van der Waals surface area contributed by atoms with Crippen molar-refractivity contribution in [1.29, 1.82) is 0 Å². The fourth-order valence-electron chi connectivity index (χ4n) is 1.49. The van der Waals surface area contributed by atoms with Crippen LogP contribution in [0.4, 0.5) is 11.4 Å². The van der Waals surface area contributed by atoms with E-state index in [4.69, 9.17) is 5.84 Å². The third kappa shape index (κ3) is 4.28. The lowest BCUT2D eigenvalue weighted by Gasteiger charge is -2.12. The number of non-ortho nitro benzene ring substituents is 1. The Hall–Kier alpha value is -1.70. The Labute approximate surface area is 106 Å². The van der Waals surface area contributed by atoms with Crippen molar-refractivity contribution >= 4 is 11.4 Å². The highest BCUT2D eigenvalue weighted by Gasteiger charge is 2.09. The van der Waals surface area contributed by atoms with Crippen LogP contribution in [0, 0.1) is 10.1 Å². The van der Waals surface area contributed by atoms with Gasteiger partial charge in [-0.25, -0.2) is 0 Å². The first-order valence-corrected chi connectivity index (χ1v) is 5.64. The van der Waals surface area contributed by atoms with Crippen molar-refractivity contribution in [3.05, 3.63) is 33.9 Å². The minimum atomic E-state index is -0.440. The summed E-state index contributed by atoms with van der Waals surface area (Å²) in [6.45, 7) is 2.39. The van der Waals surface area contributed by atoms with E-state index in [2.05, 4.69) is 15.6 Å². The van der Waals surface area contributed by atoms with Crippen molar-refractivity contribution in [2.45, 2.75) is 6.54 Å². The summed E-state index contributed by atoms with van der Waals surface area (Å²) in [6, 6.07) is 4.61. The number of hydrogen-bond acceptors (Lipinski definition) is 6. The molecule has 7 heteroatoms. The molecule has 0 unspecified atom stereocenters. The van der Waals surface area contributed by atoms with Gasteiger partial charge in [0.1, 0.15) is 0 Å². The Kier molecular flexibility index (Phi) is 5.50. The Morgan fingerprint density at radius 3 is 2.72 bits per heavy atom. The van der Waals surface area contributed by atoms with Crippen molar-refractivity contribution in [3.63, 3.8) is 0 Å². The van der Waals surface area contributed by atoms with Crippen molar-refractivity contribution in [2.75, 3.05) is 32.6 Å². The van der Waals surface area contributed by atoms with Gasteiger partial charge in [-0.2, -0.15) is 0 Å². The third-order valence-corrected chi connectivity index (χ3v) is 2.51. The summed E-state index contributed by atoms with van der Waals surface area (Å²) >= 11 is 0. The molecule has 0 aliphatic rings. The monoisotopic (exact) mass is 253 g/mol. The van der Waals surface area contributed by atoms with Crippen LogP contribution in [-0.2, 0) is 6.54 Å². The number of nitro groups is 1. The first-order chi connectivity index (χ1) is 8.54. The Morgan fingerprint density at radius 2 is 2.17 bits per heavy atom. The van der Waals surface area contributed by atoms with Gasteiger partial charge in [-0.05, 0) is 25.7 Å². The number of nitrogens with one attached hydrogen (secondary N) is 2. The largest absolute Gasteiger partial charge is 0.324 e. The fourth-order valence-corrected chi connectivity index (χ4v) is 1.49. The van der Waals surface area contributed by atoms with E-state index in [-0.39, 0.29) is 5.69 Å². The normalized spacial score (nSPS) is 10.7. The average molecular weight is 253 g/mol. The number of nitro benzene ring substituents is 1. The van der Waals surface area contributed by atoms with Crippen LogP contribution < -0.4 is 16.6 Å². The van der Waals surface area contributed by atoms with Gasteiger partial charge >= 0.3 is 0 Å². The first-order valence-electron chi connectivity index (χ1n) is 5.64. The van der Waals surface area contributed by atoms with Crippen LogP contribution in [0.25, 0.3) is 0 Å². The maximum atomic E-state index is 10.6. The zero-order chi connectivity index (χ0) is 13.5. The van der Waals surface area contributed by atoms with Gasteiger partial charge < -0.3 is 15.6 Å². The van der Waals surface area contributed by atoms with Gasteiger partial charge in [0.2, 0.25) is 0 Å². The SMILES string of the molecule is CN(C)CCNCc1ccc([N+](=O)[O-])cc1NN. The molecule has 0 aromatic heterocycles. The van der Waals surface area contributed by atoms with Crippen LogP contribution in [0.15, 0.2) is 18.2 Å². The predicted molar refractivity (Wildman–Crippen MR) is 71.2 cm³/mol. The topological polar surface area (TPSA) is 96.5 Å². The minimum Gasteiger partial charge on any atom is -0.324 e. The molecule has 0 amide bonds. The number of benzene rings is 1. The maximum Gasteiger partial charge on any atom is 0.271 e. The van der Waals surface area contributed by atoms with Crippen LogP contribution in [0.1, 0.15) is 5.56 Å². The molecule has 0 fully saturated rings. The first kappa shape index (κ1) is 14.4. The molecule has 4 N–H and O–H groups in total. The second kappa shape index (κ2) is 6.90. The highest BCUT2D eigenvalue weighted by atomic mass is 16.6. The summed E-state index contributed by atoms with van der Waals surface area (Å²) in [5.41, 5.74) is 3.99. The van der Waals surface area contributed by atoms with Crippen LogP contribution in [0.2, 0.25) is 0 Å². The molecule has 0 aliphatic heterocycles. The van der Waals surface area contributed by atoms with Gasteiger partial charge in [0.05, 0.1) is 10.6 Å². The van der Waals surface area contributed by atoms with Gasteiger partial charge in [0, 0.05) is 31.8 Å². The van der Waals surface area contributed by atoms with Gasteiger partial charge in [0.25, 0.3) is 5.69 Å². The van der Waals surface area contributed by atoms with E-state index in [1.165, 1.54) is 12.1 Å². The number of rotatable bonds is 7. The Bertz CT molecular complexity index is 408.